The summed E-state index contributed by atoms with van der Waals surface area (Å²) in [5.41, 5.74) is 0. The first-order valence-electron chi connectivity index (χ1n) is 7.84. The van der Waals surface area contributed by atoms with Gasteiger partial charge in [-0.2, -0.15) is 0 Å². The van der Waals surface area contributed by atoms with Gasteiger partial charge in [-0.1, -0.05) is 6.92 Å². The maximum Gasteiger partial charge on any atom is 0.228 e. The summed E-state index contributed by atoms with van der Waals surface area (Å²) < 4.78 is 5.79. The number of nitrogens with zero attached hydrogens (tertiary/aromatic N) is 2. The fourth-order valence-corrected chi connectivity index (χ4v) is 3.28. The Labute approximate surface area is 122 Å². The lowest BCUT2D eigenvalue weighted by atomic mass is 9.88. The number of rotatable bonds is 4. The summed E-state index contributed by atoms with van der Waals surface area (Å²) in [6.45, 7) is 12.3. The number of carbonyl (C=O) groups is 1. The lowest BCUT2D eigenvalue weighted by Gasteiger charge is -2.30. The molecule has 0 aromatic rings. The lowest BCUT2D eigenvalue weighted by molar-refractivity contribution is -0.136. The molecular weight excluding hydrogens is 254 g/mol. The number of hydrogen-bond donors (Lipinski definition) is 1. The first-order chi connectivity index (χ1) is 9.50. The van der Waals surface area contributed by atoms with Gasteiger partial charge in [0.15, 0.2) is 0 Å². The summed E-state index contributed by atoms with van der Waals surface area (Å²) in [7, 11) is 1.92. The van der Waals surface area contributed by atoms with Crippen LogP contribution >= 0.6 is 0 Å². The minimum Gasteiger partial charge on any atom is -0.374 e. The van der Waals surface area contributed by atoms with Gasteiger partial charge in [0.05, 0.1) is 18.1 Å². The van der Waals surface area contributed by atoms with Crippen molar-refractivity contribution in [3.8, 4) is 0 Å². The predicted molar refractivity (Wildman–Crippen MR) is 79.6 cm³/mol. The van der Waals surface area contributed by atoms with Crippen molar-refractivity contribution in [2.24, 2.45) is 11.8 Å². The fourth-order valence-electron chi connectivity index (χ4n) is 3.28. The molecule has 2 heterocycles. The zero-order valence-electron chi connectivity index (χ0n) is 13.3. The van der Waals surface area contributed by atoms with Crippen LogP contribution in [0.25, 0.3) is 0 Å². The van der Waals surface area contributed by atoms with Gasteiger partial charge in [-0.3, -0.25) is 9.69 Å². The Kier molecular flexibility index (Phi) is 5.41. The second kappa shape index (κ2) is 6.87. The molecule has 0 aromatic heterocycles. The summed E-state index contributed by atoms with van der Waals surface area (Å²) in [6, 6.07) is 0. The Balaban J connectivity index is 1.82. The number of nitrogens with one attached hydrogen (secondary N) is 1. The van der Waals surface area contributed by atoms with Gasteiger partial charge in [0.1, 0.15) is 0 Å². The zero-order chi connectivity index (χ0) is 14.7. The van der Waals surface area contributed by atoms with Gasteiger partial charge in [0.25, 0.3) is 0 Å². The smallest absolute Gasteiger partial charge is 0.228 e. The number of amides is 1. The van der Waals surface area contributed by atoms with Crippen LogP contribution in [0.2, 0.25) is 0 Å². The van der Waals surface area contributed by atoms with Crippen LogP contribution < -0.4 is 5.32 Å². The number of carbonyl (C=O) groups excluding carboxylic acids is 1. The van der Waals surface area contributed by atoms with Gasteiger partial charge < -0.3 is 15.0 Å². The predicted octanol–water partition coefficient (Wildman–Crippen LogP) is 0.410. The second-order valence-corrected chi connectivity index (χ2v) is 6.28. The van der Waals surface area contributed by atoms with E-state index in [4.69, 9.17) is 4.74 Å². The highest BCUT2D eigenvalue weighted by molar-refractivity contribution is 5.79. The zero-order valence-corrected chi connectivity index (χ0v) is 13.3. The highest BCUT2D eigenvalue weighted by atomic mass is 16.5. The van der Waals surface area contributed by atoms with Crippen LogP contribution in [0.5, 0.6) is 0 Å². The van der Waals surface area contributed by atoms with Crippen molar-refractivity contribution >= 4 is 5.91 Å². The number of piperazine rings is 1. The SMILES string of the molecule is CC1OC(C)C(C(=O)N(C)CCN2CCNCC2)C1C. The van der Waals surface area contributed by atoms with Crippen molar-refractivity contribution in [1.82, 2.24) is 15.1 Å². The maximum absolute atomic E-state index is 12.6. The minimum atomic E-state index is 0.0121. The van der Waals surface area contributed by atoms with Gasteiger partial charge in [0.2, 0.25) is 5.91 Å². The van der Waals surface area contributed by atoms with E-state index >= 15 is 0 Å². The molecule has 0 aromatic carbocycles. The molecule has 4 unspecified atom stereocenters. The molecule has 2 aliphatic rings. The molecule has 0 saturated carbocycles. The van der Waals surface area contributed by atoms with Crippen LogP contribution in [0.15, 0.2) is 0 Å². The van der Waals surface area contributed by atoms with Crippen molar-refractivity contribution in [2.45, 2.75) is 33.0 Å². The molecule has 2 saturated heterocycles. The average Bonchev–Trinajstić information content (AvgIpc) is 2.70. The third-order valence-electron chi connectivity index (χ3n) is 4.86. The Bertz CT molecular complexity index is 331. The molecule has 1 N–H and O–H groups in total. The first-order valence-corrected chi connectivity index (χ1v) is 7.84. The summed E-state index contributed by atoms with van der Waals surface area (Å²) in [6.07, 6.45) is 0.217. The maximum atomic E-state index is 12.6. The van der Waals surface area contributed by atoms with Gasteiger partial charge in [-0.05, 0) is 19.8 Å². The van der Waals surface area contributed by atoms with Crippen molar-refractivity contribution in [2.75, 3.05) is 46.3 Å². The third-order valence-corrected chi connectivity index (χ3v) is 4.86. The van der Waals surface area contributed by atoms with Crippen molar-refractivity contribution in [3.63, 3.8) is 0 Å². The van der Waals surface area contributed by atoms with E-state index in [1.54, 1.807) is 0 Å². The topological polar surface area (TPSA) is 44.8 Å². The van der Waals surface area contributed by atoms with E-state index in [-0.39, 0.29) is 24.0 Å². The highest BCUT2D eigenvalue weighted by Gasteiger charge is 2.42. The van der Waals surface area contributed by atoms with E-state index < -0.39 is 0 Å². The molecule has 0 bridgehead atoms. The summed E-state index contributed by atoms with van der Waals surface area (Å²) in [4.78, 5) is 16.9. The molecule has 5 nitrogen and oxygen atoms in total. The van der Waals surface area contributed by atoms with Gasteiger partial charge in [0, 0.05) is 46.3 Å². The van der Waals surface area contributed by atoms with E-state index in [2.05, 4.69) is 24.1 Å². The first kappa shape index (κ1) is 15.7. The highest BCUT2D eigenvalue weighted by Crippen LogP contribution is 2.33. The number of likely N-dealkylation sites (N-methyl/N-ethyl adjacent to an activating group) is 1. The van der Waals surface area contributed by atoms with Crippen molar-refractivity contribution < 1.29 is 9.53 Å². The van der Waals surface area contributed by atoms with E-state index in [1.165, 1.54) is 0 Å². The monoisotopic (exact) mass is 283 g/mol. The molecule has 1 amide bonds. The Hall–Kier alpha value is -0.650. The van der Waals surface area contributed by atoms with Crippen LogP contribution in [0.1, 0.15) is 20.8 Å². The van der Waals surface area contributed by atoms with Crippen molar-refractivity contribution in [1.29, 1.82) is 0 Å². The van der Waals surface area contributed by atoms with Gasteiger partial charge in [-0.15, -0.1) is 0 Å². The van der Waals surface area contributed by atoms with Crippen LogP contribution in [0.4, 0.5) is 0 Å². The van der Waals surface area contributed by atoms with E-state index in [0.717, 1.165) is 39.3 Å². The molecule has 5 heteroatoms. The standard InChI is InChI=1S/C15H29N3O2/c1-11-12(2)20-13(3)14(11)15(19)17(4)9-10-18-7-5-16-6-8-18/h11-14,16H,5-10H2,1-4H3. The number of ether oxygens (including phenoxy) is 1. The lowest BCUT2D eigenvalue weighted by Crippen LogP contribution is -2.47. The minimum absolute atomic E-state index is 0.0121. The van der Waals surface area contributed by atoms with E-state index in [9.17, 15) is 4.79 Å². The third kappa shape index (κ3) is 3.51. The quantitative estimate of drug-likeness (QED) is 0.812. The largest absolute Gasteiger partial charge is 0.374 e. The summed E-state index contributed by atoms with van der Waals surface area (Å²) in [5.74, 6) is 0.557. The Morgan fingerprint density at radius 1 is 1.25 bits per heavy atom. The van der Waals surface area contributed by atoms with E-state index in [1.807, 2.05) is 18.9 Å². The molecule has 0 radical (unpaired) electrons. The average molecular weight is 283 g/mol. The van der Waals surface area contributed by atoms with E-state index in [0.29, 0.717) is 5.92 Å². The van der Waals surface area contributed by atoms with Crippen molar-refractivity contribution in [3.05, 3.63) is 0 Å². The number of hydrogen-bond acceptors (Lipinski definition) is 4. The van der Waals surface area contributed by atoms with Crippen LogP contribution in [-0.4, -0.2) is 74.2 Å². The molecular formula is C15H29N3O2. The fraction of sp³-hybridized carbons (Fsp3) is 0.933. The summed E-state index contributed by atoms with van der Waals surface area (Å²) in [5, 5.41) is 3.35. The molecule has 0 spiro atoms. The molecule has 20 heavy (non-hydrogen) atoms. The summed E-state index contributed by atoms with van der Waals surface area (Å²) >= 11 is 0. The van der Waals surface area contributed by atoms with Gasteiger partial charge >= 0.3 is 0 Å². The Morgan fingerprint density at radius 3 is 2.45 bits per heavy atom. The van der Waals surface area contributed by atoms with Crippen LogP contribution in [0, 0.1) is 11.8 Å². The van der Waals surface area contributed by atoms with Crippen LogP contribution in [-0.2, 0) is 9.53 Å². The molecule has 2 aliphatic heterocycles. The normalized spacial score (nSPS) is 35.2. The molecule has 0 aliphatic carbocycles. The van der Waals surface area contributed by atoms with Gasteiger partial charge in [-0.25, -0.2) is 0 Å². The molecule has 2 fully saturated rings. The molecule has 116 valence electrons. The molecule has 2 rings (SSSR count). The van der Waals surface area contributed by atoms with Crippen LogP contribution in [0.3, 0.4) is 0 Å². The molecule has 4 atom stereocenters. The Morgan fingerprint density at radius 2 is 1.90 bits per heavy atom. The second-order valence-electron chi connectivity index (χ2n) is 6.28.